The van der Waals surface area contributed by atoms with Crippen molar-refractivity contribution in [2.75, 3.05) is 12.3 Å². The summed E-state index contributed by atoms with van der Waals surface area (Å²) in [5, 5.41) is 8.12. The molecule has 0 spiro atoms. The Balaban J connectivity index is 1.32. The van der Waals surface area contributed by atoms with Crippen molar-refractivity contribution in [3.63, 3.8) is 0 Å². The SMILES string of the molecule is C#CC(CC1CCNC1=O)NC(=O)C1CSC2CCC(NC(=O)OCc3ccccc3)C(=O)N21. The lowest BCUT2D eigenvalue weighted by molar-refractivity contribution is -0.143. The number of fused-ring (bicyclic) bond motifs is 1. The molecule has 5 unspecified atom stereocenters. The monoisotopic (exact) mass is 484 g/mol. The Kier molecular flexibility index (Phi) is 7.63. The first-order valence-electron chi connectivity index (χ1n) is 11.4. The average Bonchev–Trinajstić information content (AvgIpc) is 3.46. The molecule has 9 nitrogen and oxygen atoms in total. The Hall–Kier alpha value is -3.19. The van der Waals surface area contributed by atoms with Crippen LogP contribution in [0.3, 0.4) is 0 Å². The molecule has 0 saturated carbocycles. The van der Waals surface area contributed by atoms with Crippen molar-refractivity contribution in [3.05, 3.63) is 35.9 Å². The van der Waals surface area contributed by atoms with Crippen molar-refractivity contribution < 1.29 is 23.9 Å². The maximum absolute atomic E-state index is 13.2. The fourth-order valence-corrected chi connectivity index (χ4v) is 5.96. The molecule has 1 aromatic carbocycles. The molecule has 0 aliphatic carbocycles. The first-order chi connectivity index (χ1) is 16.5. The summed E-state index contributed by atoms with van der Waals surface area (Å²) in [6.07, 6.45) is 7.12. The van der Waals surface area contributed by atoms with Crippen LogP contribution in [0, 0.1) is 18.3 Å². The van der Waals surface area contributed by atoms with E-state index in [9.17, 15) is 19.2 Å². The van der Waals surface area contributed by atoms with Crippen molar-refractivity contribution in [2.24, 2.45) is 5.92 Å². The van der Waals surface area contributed by atoms with E-state index in [0.717, 1.165) is 5.56 Å². The van der Waals surface area contributed by atoms with Gasteiger partial charge >= 0.3 is 6.09 Å². The minimum absolute atomic E-state index is 0.0507. The minimum Gasteiger partial charge on any atom is -0.445 e. The van der Waals surface area contributed by atoms with E-state index in [-0.39, 0.29) is 35.6 Å². The summed E-state index contributed by atoms with van der Waals surface area (Å²) in [6.45, 7) is 0.716. The van der Waals surface area contributed by atoms with Gasteiger partial charge in [0.15, 0.2) is 0 Å². The van der Waals surface area contributed by atoms with Crippen molar-refractivity contribution >= 4 is 35.6 Å². The third-order valence-corrected chi connectivity index (χ3v) is 7.71. The Morgan fingerprint density at radius 1 is 1.24 bits per heavy atom. The number of hydrogen-bond donors (Lipinski definition) is 3. The summed E-state index contributed by atoms with van der Waals surface area (Å²) in [5.74, 6) is 2.10. The fraction of sp³-hybridized carbons (Fsp3) is 0.500. The molecule has 5 atom stereocenters. The van der Waals surface area contributed by atoms with Crippen LogP contribution in [0.25, 0.3) is 0 Å². The van der Waals surface area contributed by atoms with Gasteiger partial charge in [0.05, 0.1) is 11.4 Å². The number of alkyl carbamates (subject to hydrolysis) is 1. The summed E-state index contributed by atoms with van der Waals surface area (Å²) in [4.78, 5) is 51.9. The topological polar surface area (TPSA) is 117 Å². The highest BCUT2D eigenvalue weighted by Gasteiger charge is 2.47. The molecule has 0 radical (unpaired) electrons. The van der Waals surface area contributed by atoms with E-state index in [2.05, 4.69) is 21.9 Å². The number of nitrogens with zero attached hydrogens (tertiary/aromatic N) is 1. The maximum atomic E-state index is 13.2. The van der Waals surface area contributed by atoms with Gasteiger partial charge in [-0.05, 0) is 31.2 Å². The van der Waals surface area contributed by atoms with E-state index in [4.69, 9.17) is 11.2 Å². The summed E-state index contributed by atoms with van der Waals surface area (Å²) >= 11 is 1.55. The Labute approximate surface area is 202 Å². The number of rotatable bonds is 7. The number of carbonyl (C=O) groups excluding carboxylic acids is 4. The summed E-state index contributed by atoms with van der Waals surface area (Å²) < 4.78 is 5.24. The smallest absolute Gasteiger partial charge is 0.408 e. The van der Waals surface area contributed by atoms with Gasteiger partial charge in [0, 0.05) is 18.2 Å². The number of thioether (sulfide) groups is 1. The summed E-state index contributed by atoms with van der Waals surface area (Å²) in [5.41, 5.74) is 0.846. The Morgan fingerprint density at radius 2 is 2.03 bits per heavy atom. The fourth-order valence-electron chi connectivity index (χ4n) is 4.53. The van der Waals surface area contributed by atoms with Gasteiger partial charge in [-0.25, -0.2) is 4.79 Å². The highest BCUT2D eigenvalue weighted by atomic mass is 32.2. The molecule has 0 aromatic heterocycles. The highest BCUT2D eigenvalue weighted by Crippen LogP contribution is 2.36. The van der Waals surface area contributed by atoms with E-state index in [0.29, 0.717) is 38.0 Å². The predicted molar refractivity (Wildman–Crippen MR) is 126 cm³/mol. The lowest BCUT2D eigenvalue weighted by Crippen LogP contribution is -2.59. The lowest BCUT2D eigenvalue weighted by Gasteiger charge is -2.37. The van der Waals surface area contributed by atoms with Crippen molar-refractivity contribution in [1.29, 1.82) is 0 Å². The molecule has 3 heterocycles. The number of hydrogen-bond acceptors (Lipinski definition) is 6. The lowest BCUT2D eigenvalue weighted by atomic mass is 9.98. The zero-order valence-corrected chi connectivity index (χ0v) is 19.5. The number of amides is 4. The number of ether oxygens (including phenoxy) is 1. The standard InChI is InChI=1S/C24H28N4O5S/c1-2-17(12-16-10-11-25-21(16)29)26-22(30)19-14-34-20-9-8-18(23(31)28(19)20)27-24(32)33-13-15-6-4-3-5-7-15/h1,3-7,16-20H,8-14H2,(H,25,29)(H,26,30)(H,27,32). The quantitative estimate of drug-likeness (QED) is 0.497. The molecular formula is C24H28N4O5S. The van der Waals surface area contributed by atoms with E-state index in [1.807, 2.05) is 30.3 Å². The second kappa shape index (κ2) is 10.8. The number of nitrogens with one attached hydrogen (secondary N) is 3. The van der Waals surface area contributed by atoms with Crippen LogP contribution in [-0.2, 0) is 25.7 Å². The van der Waals surface area contributed by atoms with Crippen LogP contribution >= 0.6 is 11.8 Å². The second-order valence-electron chi connectivity index (χ2n) is 8.63. The molecule has 3 saturated heterocycles. The van der Waals surface area contributed by atoms with Crippen LogP contribution in [-0.4, -0.2) is 64.5 Å². The van der Waals surface area contributed by atoms with Crippen LogP contribution < -0.4 is 16.0 Å². The molecule has 3 fully saturated rings. The van der Waals surface area contributed by atoms with Gasteiger partial charge in [-0.15, -0.1) is 18.2 Å². The molecule has 10 heteroatoms. The van der Waals surface area contributed by atoms with Crippen molar-refractivity contribution in [1.82, 2.24) is 20.9 Å². The molecule has 180 valence electrons. The van der Waals surface area contributed by atoms with Gasteiger partial charge in [0.25, 0.3) is 0 Å². The second-order valence-corrected chi connectivity index (χ2v) is 9.84. The number of terminal acetylenes is 1. The molecule has 0 bridgehead atoms. The van der Waals surface area contributed by atoms with Crippen molar-refractivity contribution in [3.8, 4) is 12.3 Å². The van der Waals surface area contributed by atoms with Gasteiger partial charge in [-0.3, -0.25) is 14.4 Å². The van der Waals surface area contributed by atoms with Crippen LogP contribution in [0.2, 0.25) is 0 Å². The number of piperidine rings is 1. The van der Waals surface area contributed by atoms with Crippen molar-refractivity contribution in [2.45, 2.75) is 55.8 Å². The summed E-state index contributed by atoms with van der Waals surface area (Å²) in [6, 6.07) is 7.24. The molecule has 1 aromatic rings. The molecule has 34 heavy (non-hydrogen) atoms. The average molecular weight is 485 g/mol. The number of carbonyl (C=O) groups is 4. The van der Waals surface area contributed by atoms with E-state index < -0.39 is 24.2 Å². The summed E-state index contributed by atoms with van der Waals surface area (Å²) in [7, 11) is 0. The van der Waals surface area contributed by atoms with Gasteiger partial charge < -0.3 is 25.6 Å². The highest BCUT2D eigenvalue weighted by molar-refractivity contribution is 8.00. The van der Waals surface area contributed by atoms with Gasteiger partial charge in [0.1, 0.15) is 18.7 Å². The van der Waals surface area contributed by atoms with Gasteiger partial charge in [0.2, 0.25) is 17.7 Å². The zero-order chi connectivity index (χ0) is 24.1. The molecule has 3 aliphatic heterocycles. The van der Waals surface area contributed by atoms with E-state index >= 15 is 0 Å². The molecule has 4 rings (SSSR count). The van der Waals surface area contributed by atoms with Crippen LogP contribution in [0.15, 0.2) is 30.3 Å². The maximum Gasteiger partial charge on any atom is 0.408 e. The molecule has 4 amide bonds. The van der Waals surface area contributed by atoms with Gasteiger partial charge in [-0.2, -0.15) is 0 Å². The van der Waals surface area contributed by atoms with E-state index in [1.54, 1.807) is 16.7 Å². The minimum atomic E-state index is -0.751. The first-order valence-corrected chi connectivity index (χ1v) is 12.5. The molecular weight excluding hydrogens is 456 g/mol. The van der Waals surface area contributed by atoms with Crippen LogP contribution in [0.4, 0.5) is 4.79 Å². The number of benzene rings is 1. The molecule has 3 N–H and O–H groups in total. The Morgan fingerprint density at radius 3 is 2.74 bits per heavy atom. The predicted octanol–water partition coefficient (Wildman–Crippen LogP) is 0.990. The third-order valence-electron chi connectivity index (χ3n) is 6.36. The molecule has 3 aliphatic rings. The Bertz CT molecular complexity index is 981. The van der Waals surface area contributed by atoms with E-state index in [1.165, 1.54) is 0 Å². The van der Waals surface area contributed by atoms with Crippen LogP contribution in [0.1, 0.15) is 31.2 Å². The van der Waals surface area contributed by atoms with Gasteiger partial charge in [-0.1, -0.05) is 36.3 Å². The largest absolute Gasteiger partial charge is 0.445 e. The zero-order valence-electron chi connectivity index (χ0n) is 18.7. The van der Waals surface area contributed by atoms with Crippen LogP contribution in [0.5, 0.6) is 0 Å². The first kappa shape index (κ1) is 24.0. The normalized spacial score (nSPS) is 26.7. The third kappa shape index (κ3) is 5.47.